The highest BCUT2D eigenvalue weighted by Crippen LogP contribution is 2.19. The molecule has 0 amide bonds. The molecule has 3 atom stereocenters. The molecule has 20 heavy (non-hydrogen) atoms. The van der Waals surface area contributed by atoms with Gasteiger partial charge in [0.15, 0.2) is 0 Å². The van der Waals surface area contributed by atoms with Gasteiger partial charge < -0.3 is 20.9 Å². The summed E-state index contributed by atoms with van der Waals surface area (Å²) < 4.78 is 5.63. The van der Waals surface area contributed by atoms with Crippen molar-refractivity contribution in [3.05, 3.63) is 29.8 Å². The molecule has 0 bridgehead atoms. The minimum atomic E-state index is -0.308. The second-order valence-electron chi connectivity index (χ2n) is 5.68. The molecule has 3 unspecified atom stereocenters. The van der Waals surface area contributed by atoms with Crippen LogP contribution < -0.4 is 15.8 Å². The van der Waals surface area contributed by atoms with Crippen molar-refractivity contribution in [2.24, 2.45) is 5.73 Å². The lowest BCUT2D eigenvalue weighted by molar-refractivity contribution is 0.168. The maximum Gasteiger partial charge on any atom is 0.119 e. The summed E-state index contributed by atoms with van der Waals surface area (Å²) in [6, 6.07) is 8.33. The van der Waals surface area contributed by atoms with E-state index in [-0.39, 0.29) is 24.3 Å². The molecule has 0 spiro atoms. The maximum atomic E-state index is 9.41. The van der Waals surface area contributed by atoms with Gasteiger partial charge in [-0.2, -0.15) is 0 Å². The van der Waals surface area contributed by atoms with Gasteiger partial charge in [0.25, 0.3) is 0 Å². The van der Waals surface area contributed by atoms with Crippen LogP contribution in [0.4, 0.5) is 0 Å². The first kappa shape index (κ1) is 17.0. The second-order valence-corrected chi connectivity index (χ2v) is 5.68. The van der Waals surface area contributed by atoms with Crippen LogP contribution in [0.1, 0.15) is 45.7 Å². The second kappa shape index (κ2) is 8.25. The topological polar surface area (TPSA) is 67.5 Å². The summed E-state index contributed by atoms with van der Waals surface area (Å²) >= 11 is 0. The summed E-state index contributed by atoms with van der Waals surface area (Å²) in [5.41, 5.74) is 6.99. The number of rotatable bonds is 8. The number of aliphatic hydroxyl groups excluding tert-OH is 1. The average Bonchev–Trinajstić information content (AvgIpc) is 2.35. The van der Waals surface area contributed by atoms with Gasteiger partial charge in [-0.3, -0.25) is 0 Å². The van der Waals surface area contributed by atoms with Gasteiger partial charge >= 0.3 is 0 Å². The molecule has 1 aromatic carbocycles. The fraction of sp³-hybridized carbons (Fsp3) is 0.625. The minimum Gasteiger partial charge on any atom is -0.491 e. The Morgan fingerprint density at radius 3 is 2.20 bits per heavy atom. The van der Waals surface area contributed by atoms with E-state index in [1.807, 2.05) is 38.1 Å². The summed E-state index contributed by atoms with van der Waals surface area (Å²) in [6.45, 7) is 8.40. The number of aliphatic hydroxyl groups is 1. The predicted octanol–water partition coefficient (Wildman–Crippen LogP) is 2.22. The molecule has 0 aliphatic rings. The quantitative estimate of drug-likeness (QED) is 0.683. The summed E-state index contributed by atoms with van der Waals surface area (Å²) in [4.78, 5) is 0. The van der Waals surface area contributed by atoms with Crippen molar-refractivity contribution in [2.45, 2.75) is 58.4 Å². The number of hydrogen-bond donors (Lipinski definition) is 3. The fourth-order valence-corrected chi connectivity index (χ4v) is 2.27. The van der Waals surface area contributed by atoms with E-state index in [1.54, 1.807) is 6.92 Å². The molecule has 1 aromatic rings. The smallest absolute Gasteiger partial charge is 0.119 e. The SMILES string of the molecule is CC(O)CC(C)NC(CN)c1ccc(OC(C)C)cc1. The van der Waals surface area contributed by atoms with Crippen LogP contribution in [0, 0.1) is 0 Å². The fourth-order valence-electron chi connectivity index (χ4n) is 2.27. The molecule has 4 N–H and O–H groups in total. The lowest BCUT2D eigenvalue weighted by atomic mass is 10.0. The van der Waals surface area contributed by atoms with Crippen LogP contribution >= 0.6 is 0 Å². The third-order valence-corrected chi connectivity index (χ3v) is 3.07. The Kier molecular flexibility index (Phi) is 6.99. The van der Waals surface area contributed by atoms with E-state index in [0.29, 0.717) is 13.0 Å². The van der Waals surface area contributed by atoms with Crippen LogP contribution in [0.3, 0.4) is 0 Å². The van der Waals surface area contributed by atoms with Crippen molar-refractivity contribution >= 4 is 0 Å². The first-order valence-corrected chi connectivity index (χ1v) is 7.33. The Labute approximate surface area is 122 Å². The van der Waals surface area contributed by atoms with Gasteiger partial charge in [0.1, 0.15) is 5.75 Å². The van der Waals surface area contributed by atoms with E-state index >= 15 is 0 Å². The van der Waals surface area contributed by atoms with E-state index in [1.165, 1.54) is 0 Å². The first-order valence-electron chi connectivity index (χ1n) is 7.33. The van der Waals surface area contributed by atoms with E-state index in [2.05, 4.69) is 12.2 Å². The van der Waals surface area contributed by atoms with Crippen LogP contribution in [0.2, 0.25) is 0 Å². The van der Waals surface area contributed by atoms with E-state index in [9.17, 15) is 5.11 Å². The molecule has 4 nitrogen and oxygen atoms in total. The summed E-state index contributed by atoms with van der Waals surface area (Å²) in [5, 5.41) is 12.9. The van der Waals surface area contributed by atoms with Gasteiger partial charge in [-0.1, -0.05) is 12.1 Å². The number of ether oxygens (including phenoxy) is 1. The molecular formula is C16H28N2O2. The highest BCUT2D eigenvalue weighted by atomic mass is 16.5. The van der Waals surface area contributed by atoms with Gasteiger partial charge in [0.05, 0.1) is 12.2 Å². The summed E-state index contributed by atoms with van der Waals surface area (Å²) in [6.07, 6.45) is 0.582. The Morgan fingerprint density at radius 2 is 1.75 bits per heavy atom. The molecule has 0 heterocycles. The minimum absolute atomic E-state index is 0.0943. The number of benzene rings is 1. The molecule has 4 heteroatoms. The van der Waals surface area contributed by atoms with E-state index < -0.39 is 0 Å². The van der Waals surface area contributed by atoms with Crippen molar-refractivity contribution in [1.29, 1.82) is 0 Å². The molecule has 0 fully saturated rings. The lowest BCUT2D eigenvalue weighted by Gasteiger charge is -2.23. The number of hydrogen-bond acceptors (Lipinski definition) is 4. The van der Waals surface area contributed by atoms with Crippen LogP contribution in [0.25, 0.3) is 0 Å². The zero-order valence-corrected chi connectivity index (χ0v) is 13.0. The number of nitrogens with one attached hydrogen (secondary N) is 1. The van der Waals surface area contributed by atoms with E-state index in [0.717, 1.165) is 11.3 Å². The Morgan fingerprint density at radius 1 is 1.15 bits per heavy atom. The largest absolute Gasteiger partial charge is 0.491 e. The zero-order valence-electron chi connectivity index (χ0n) is 13.0. The molecule has 0 aliphatic heterocycles. The van der Waals surface area contributed by atoms with Crippen LogP contribution in [-0.2, 0) is 0 Å². The van der Waals surface area contributed by atoms with Crippen LogP contribution in [-0.4, -0.2) is 29.9 Å². The van der Waals surface area contributed by atoms with Crippen LogP contribution in [0.15, 0.2) is 24.3 Å². The normalized spacial score (nSPS) is 15.9. The van der Waals surface area contributed by atoms with Crippen molar-refractivity contribution in [2.75, 3.05) is 6.54 Å². The third kappa shape index (κ3) is 5.90. The third-order valence-electron chi connectivity index (χ3n) is 3.07. The van der Waals surface area contributed by atoms with Crippen molar-refractivity contribution in [3.63, 3.8) is 0 Å². The van der Waals surface area contributed by atoms with Crippen LogP contribution in [0.5, 0.6) is 5.75 Å². The molecule has 0 radical (unpaired) electrons. The number of nitrogens with two attached hydrogens (primary N) is 1. The molecular weight excluding hydrogens is 252 g/mol. The molecule has 1 rings (SSSR count). The Balaban J connectivity index is 2.65. The predicted molar refractivity (Wildman–Crippen MR) is 82.9 cm³/mol. The Bertz CT molecular complexity index is 377. The van der Waals surface area contributed by atoms with Gasteiger partial charge in [-0.05, 0) is 51.8 Å². The monoisotopic (exact) mass is 280 g/mol. The first-order chi connectivity index (χ1) is 9.42. The average molecular weight is 280 g/mol. The summed E-state index contributed by atoms with van der Waals surface area (Å²) in [5.74, 6) is 0.872. The highest BCUT2D eigenvalue weighted by Gasteiger charge is 2.14. The van der Waals surface area contributed by atoms with Gasteiger partial charge in [-0.25, -0.2) is 0 Å². The standard InChI is InChI=1S/C16H28N2O2/c1-11(2)20-15-7-5-14(6-8-15)16(10-17)18-12(3)9-13(4)19/h5-8,11-13,16,18-19H,9-10,17H2,1-4H3. The van der Waals surface area contributed by atoms with E-state index in [4.69, 9.17) is 10.5 Å². The maximum absolute atomic E-state index is 9.41. The summed E-state index contributed by atoms with van der Waals surface area (Å²) in [7, 11) is 0. The van der Waals surface area contributed by atoms with Gasteiger partial charge in [0, 0.05) is 18.6 Å². The zero-order chi connectivity index (χ0) is 15.1. The molecule has 0 saturated carbocycles. The van der Waals surface area contributed by atoms with Crippen molar-refractivity contribution in [1.82, 2.24) is 5.32 Å². The Hall–Kier alpha value is -1.10. The lowest BCUT2D eigenvalue weighted by Crippen LogP contribution is -2.36. The molecule has 114 valence electrons. The molecule has 0 aromatic heterocycles. The van der Waals surface area contributed by atoms with Gasteiger partial charge in [-0.15, -0.1) is 0 Å². The molecule has 0 aliphatic carbocycles. The molecule has 0 saturated heterocycles. The van der Waals surface area contributed by atoms with Gasteiger partial charge in [0.2, 0.25) is 0 Å². The van der Waals surface area contributed by atoms with Crippen molar-refractivity contribution in [3.8, 4) is 5.75 Å². The highest BCUT2D eigenvalue weighted by molar-refractivity contribution is 5.29. The van der Waals surface area contributed by atoms with Crippen molar-refractivity contribution < 1.29 is 9.84 Å².